The van der Waals surface area contributed by atoms with E-state index in [0.29, 0.717) is 29.9 Å². The molecule has 2 N–H and O–H groups in total. The van der Waals surface area contributed by atoms with Crippen LogP contribution in [0.15, 0.2) is 12.1 Å². The number of fused-ring (bicyclic) bond motifs is 1. The number of aliphatic hydroxyl groups is 1. The number of benzene rings is 1. The summed E-state index contributed by atoms with van der Waals surface area (Å²) in [5.74, 6) is -1.24. The first-order chi connectivity index (χ1) is 9.49. The van der Waals surface area contributed by atoms with Crippen molar-refractivity contribution >= 4 is 11.0 Å². The predicted octanol–water partition coefficient (Wildman–Crippen LogP) is 1.28. The molecule has 2 rings (SSSR count). The monoisotopic (exact) mass is 285 g/mol. The summed E-state index contributed by atoms with van der Waals surface area (Å²) in [6.45, 7) is 1.09. The van der Waals surface area contributed by atoms with Crippen LogP contribution in [0.1, 0.15) is 5.82 Å². The number of H-pyrrole nitrogens is 1. The highest BCUT2D eigenvalue weighted by molar-refractivity contribution is 5.75. The molecule has 110 valence electrons. The van der Waals surface area contributed by atoms with Gasteiger partial charge in [0.1, 0.15) is 5.82 Å². The van der Waals surface area contributed by atoms with E-state index in [9.17, 15) is 13.9 Å². The Balaban J connectivity index is 2.06. The number of nitrogens with one attached hydrogen (secondary N) is 1. The fraction of sp³-hybridized carbons (Fsp3) is 0.462. The van der Waals surface area contributed by atoms with Gasteiger partial charge in [-0.1, -0.05) is 0 Å². The summed E-state index contributed by atoms with van der Waals surface area (Å²) >= 11 is 0. The Bertz CT molecular complexity index is 549. The van der Waals surface area contributed by atoms with Crippen LogP contribution in [0.2, 0.25) is 0 Å². The maximum absolute atomic E-state index is 13.1. The SMILES string of the molecule is COCC(O)CN(C)Cc1nc2cc(F)c(F)cc2[nH]1. The van der Waals surface area contributed by atoms with E-state index in [1.54, 1.807) is 0 Å². The van der Waals surface area contributed by atoms with Gasteiger partial charge in [0.25, 0.3) is 0 Å². The van der Waals surface area contributed by atoms with Crippen LogP contribution in [0.5, 0.6) is 0 Å². The molecule has 1 unspecified atom stereocenters. The number of aliphatic hydroxyl groups excluding tert-OH is 1. The highest BCUT2D eigenvalue weighted by Crippen LogP contribution is 2.16. The van der Waals surface area contributed by atoms with Crippen molar-refractivity contribution in [3.8, 4) is 0 Å². The molecule has 0 fully saturated rings. The number of rotatable bonds is 6. The largest absolute Gasteiger partial charge is 0.389 e. The van der Waals surface area contributed by atoms with Crippen molar-refractivity contribution in [2.75, 3.05) is 27.3 Å². The molecule has 7 heteroatoms. The van der Waals surface area contributed by atoms with E-state index in [-0.39, 0.29) is 6.61 Å². The molecule has 0 bridgehead atoms. The molecule has 0 radical (unpaired) electrons. The Morgan fingerprint density at radius 2 is 2.10 bits per heavy atom. The zero-order chi connectivity index (χ0) is 14.7. The molecule has 20 heavy (non-hydrogen) atoms. The lowest BCUT2D eigenvalue weighted by atomic mass is 10.3. The van der Waals surface area contributed by atoms with Crippen LogP contribution < -0.4 is 0 Å². The van der Waals surface area contributed by atoms with Gasteiger partial charge in [-0.2, -0.15) is 0 Å². The van der Waals surface area contributed by atoms with Crippen molar-refractivity contribution in [2.24, 2.45) is 0 Å². The summed E-state index contributed by atoms with van der Waals surface area (Å²) in [7, 11) is 3.33. The van der Waals surface area contributed by atoms with Gasteiger partial charge in [0.15, 0.2) is 11.6 Å². The predicted molar refractivity (Wildman–Crippen MR) is 70.2 cm³/mol. The molecular formula is C13H17F2N3O2. The van der Waals surface area contributed by atoms with E-state index >= 15 is 0 Å². The normalized spacial score (nSPS) is 13.3. The second kappa shape index (κ2) is 6.25. The fourth-order valence-corrected chi connectivity index (χ4v) is 2.06. The van der Waals surface area contributed by atoms with Gasteiger partial charge < -0.3 is 14.8 Å². The molecule has 0 saturated heterocycles. The lowest BCUT2D eigenvalue weighted by Crippen LogP contribution is -2.31. The first-order valence-electron chi connectivity index (χ1n) is 6.18. The smallest absolute Gasteiger partial charge is 0.161 e. The van der Waals surface area contributed by atoms with Crippen LogP contribution in [-0.4, -0.2) is 53.4 Å². The number of aromatic amines is 1. The van der Waals surface area contributed by atoms with Crippen molar-refractivity contribution in [3.05, 3.63) is 29.6 Å². The first-order valence-corrected chi connectivity index (χ1v) is 6.18. The summed E-state index contributed by atoms with van der Waals surface area (Å²) in [4.78, 5) is 8.96. The average Bonchev–Trinajstić information content (AvgIpc) is 2.70. The molecule has 0 aliphatic heterocycles. The molecule has 0 aliphatic carbocycles. The Morgan fingerprint density at radius 3 is 2.80 bits per heavy atom. The zero-order valence-corrected chi connectivity index (χ0v) is 11.4. The van der Waals surface area contributed by atoms with E-state index in [0.717, 1.165) is 12.1 Å². The lowest BCUT2D eigenvalue weighted by Gasteiger charge is -2.18. The number of methoxy groups -OCH3 is 1. The maximum Gasteiger partial charge on any atom is 0.161 e. The number of ether oxygens (including phenoxy) is 1. The topological polar surface area (TPSA) is 61.4 Å². The van der Waals surface area contributed by atoms with Crippen LogP contribution in [0, 0.1) is 11.6 Å². The number of hydrogen-bond donors (Lipinski definition) is 2. The van der Waals surface area contributed by atoms with Crippen LogP contribution in [0.3, 0.4) is 0 Å². The van der Waals surface area contributed by atoms with Crippen molar-refractivity contribution in [1.29, 1.82) is 0 Å². The molecule has 1 atom stereocenters. The molecular weight excluding hydrogens is 268 g/mol. The van der Waals surface area contributed by atoms with Gasteiger partial charge in [0.05, 0.1) is 30.3 Å². The second-order valence-electron chi connectivity index (χ2n) is 4.77. The molecule has 0 amide bonds. The number of likely N-dealkylation sites (N-methyl/N-ethyl adjacent to an activating group) is 1. The minimum Gasteiger partial charge on any atom is -0.389 e. The minimum atomic E-state index is -0.917. The fourth-order valence-electron chi connectivity index (χ4n) is 2.06. The molecule has 5 nitrogen and oxygen atoms in total. The highest BCUT2D eigenvalue weighted by atomic mass is 19.2. The Morgan fingerprint density at radius 1 is 1.40 bits per heavy atom. The van der Waals surface area contributed by atoms with Gasteiger partial charge in [0.2, 0.25) is 0 Å². The molecule has 0 spiro atoms. The Labute approximate surface area is 115 Å². The van der Waals surface area contributed by atoms with Crippen LogP contribution in [-0.2, 0) is 11.3 Å². The summed E-state index contributed by atoms with van der Waals surface area (Å²) in [6, 6.07) is 2.14. The Hall–Kier alpha value is -1.57. The van der Waals surface area contributed by atoms with Crippen molar-refractivity contribution < 1.29 is 18.6 Å². The third-order valence-electron chi connectivity index (χ3n) is 2.87. The molecule has 2 aromatic rings. The summed E-state index contributed by atoms with van der Waals surface area (Å²) in [5.41, 5.74) is 0.828. The van der Waals surface area contributed by atoms with Gasteiger partial charge in [0, 0.05) is 25.8 Å². The third-order valence-corrected chi connectivity index (χ3v) is 2.87. The van der Waals surface area contributed by atoms with E-state index in [4.69, 9.17) is 4.74 Å². The van der Waals surface area contributed by atoms with E-state index < -0.39 is 17.7 Å². The van der Waals surface area contributed by atoms with Crippen molar-refractivity contribution in [3.63, 3.8) is 0 Å². The van der Waals surface area contributed by atoms with Crippen LogP contribution in [0.25, 0.3) is 11.0 Å². The minimum absolute atomic E-state index is 0.251. The number of halogens is 2. The average molecular weight is 285 g/mol. The zero-order valence-electron chi connectivity index (χ0n) is 11.4. The lowest BCUT2D eigenvalue weighted by molar-refractivity contribution is 0.0415. The first kappa shape index (κ1) is 14.8. The van der Waals surface area contributed by atoms with Gasteiger partial charge in [-0.05, 0) is 7.05 Å². The number of nitrogens with zero attached hydrogens (tertiary/aromatic N) is 2. The quantitative estimate of drug-likeness (QED) is 0.839. The Kier molecular flexibility index (Phi) is 4.64. The van der Waals surface area contributed by atoms with E-state index in [1.165, 1.54) is 7.11 Å². The molecule has 1 aromatic heterocycles. The number of aromatic nitrogens is 2. The summed E-state index contributed by atoms with van der Waals surface area (Å²) < 4.78 is 31.0. The standard InChI is InChI=1S/C13H17F2N3O2/c1-18(5-8(19)7-20-2)6-13-16-11-3-9(14)10(15)4-12(11)17-13/h3-4,8,19H,5-7H2,1-2H3,(H,16,17). The van der Waals surface area contributed by atoms with Gasteiger partial charge in [-0.25, -0.2) is 13.8 Å². The van der Waals surface area contributed by atoms with E-state index in [2.05, 4.69) is 9.97 Å². The van der Waals surface area contributed by atoms with Gasteiger partial charge >= 0.3 is 0 Å². The molecule has 0 aliphatic rings. The third kappa shape index (κ3) is 3.50. The van der Waals surface area contributed by atoms with Crippen molar-refractivity contribution in [2.45, 2.75) is 12.6 Å². The maximum atomic E-state index is 13.1. The molecule has 0 saturated carbocycles. The van der Waals surface area contributed by atoms with Gasteiger partial charge in [-0.15, -0.1) is 0 Å². The summed E-state index contributed by atoms with van der Waals surface area (Å²) in [5, 5.41) is 9.61. The van der Waals surface area contributed by atoms with Crippen LogP contribution >= 0.6 is 0 Å². The molecule has 1 heterocycles. The van der Waals surface area contributed by atoms with Crippen molar-refractivity contribution in [1.82, 2.24) is 14.9 Å². The van der Waals surface area contributed by atoms with Crippen LogP contribution in [0.4, 0.5) is 8.78 Å². The molecule has 1 aromatic carbocycles. The van der Waals surface area contributed by atoms with E-state index in [1.807, 2.05) is 11.9 Å². The number of hydrogen-bond acceptors (Lipinski definition) is 4. The van der Waals surface area contributed by atoms with Gasteiger partial charge in [-0.3, -0.25) is 4.90 Å². The summed E-state index contributed by atoms with van der Waals surface area (Å²) in [6.07, 6.45) is -0.593. The highest BCUT2D eigenvalue weighted by Gasteiger charge is 2.12. The number of imidazole rings is 1. The second-order valence-corrected chi connectivity index (χ2v) is 4.77.